The van der Waals surface area contributed by atoms with E-state index in [2.05, 4.69) is 11.8 Å². The molecule has 20 heavy (non-hydrogen) atoms. The van der Waals surface area contributed by atoms with Crippen LogP contribution in [0.5, 0.6) is 0 Å². The van der Waals surface area contributed by atoms with Gasteiger partial charge in [0.2, 0.25) is 0 Å². The summed E-state index contributed by atoms with van der Waals surface area (Å²) in [6.45, 7) is 6.01. The van der Waals surface area contributed by atoms with Gasteiger partial charge in [0.25, 0.3) is 0 Å². The number of rotatable bonds is 4. The molecule has 108 valence electrons. The highest BCUT2D eigenvalue weighted by molar-refractivity contribution is 5.77. The molecule has 3 nitrogen and oxygen atoms in total. The number of likely N-dealkylation sites (tertiary alicyclic amines) is 1. The van der Waals surface area contributed by atoms with Gasteiger partial charge in [0.05, 0.1) is 5.92 Å². The molecule has 3 rings (SSSR count). The molecule has 0 amide bonds. The van der Waals surface area contributed by atoms with E-state index in [4.69, 9.17) is 4.74 Å². The quantitative estimate of drug-likeness (QED) is 0.790. The minimum atomic E-state index is 0.0128. The van der Waals surface area contributed by atoms with Gasteiger partial charge in [0.1, 0.15) is 6.61 Å². The predicted octanol–water partition coefficient (Wildman–Crippen LogP) is 2.85. The van der Waals surface area contributed by atoms with E-state index in [1.54, 1.807) is 0 Å². The predicted molar refractivity (Wildman–Crippen MR) is 78.1 cm³/mol. The summed E-state index contributed by atoms with van der Waals surface area (Å²) in [6, 6.07) is 9.92. The number of nitrogens with zero attached hydrogens (tertiary/aromatic N) is 1. The van der Waals surface area contributed by atoms with Crippen LogP contribution in [0.2, 0.25) is 0 Å². The molecule has 1 aromatic rings. The minimum absolute atomic E-state index is 0.0128. The van der Waals surface area contributed by atoms with Gasteiger partial charge in [-0.15, -0.1) is 0 Å². The highest BCUT2D eigenvalue weighted by atomic mass is 16.5. The van der Waals surface area contributed by atoms with E-state index >= 15 is 0 Å². The molecular formula is C17H23NO2. The summed E-state index contributed by atoms with van der Waals surface area (Å²) in [4.78, 5) is 14.6. The van der Waals surface area contributed by atoms with E-state index in [0.29, 0.717) is 6.61 Å². The summed E-state index contributed by atoms with van der Waals surface area (Å²) in [5, 5.41) is 0. The van der Waals surface area contributed by atoms with Gasteiger partial charge < -0.3 is 9.64 Å². The molecule has 0 aromatic heterocycles. The topological polar surface area (TPSA) is 29.5 Å². The number of hydrogen-bond donors (Lipinski definition) is 0. The Morgan fingerprint density at radius 1 is 1.30 bits per heavy atom. The van der Waals surface area contributed by atoms with E-state index in [1.807, 2.05) is 30.3 Å². The second-order valence-electron chi connectivity index (χ2n) is 6.15. The second-order valence-corrected chi connectivity index (χ2v) is 6.15. The Bertz CT molecular complexity index is 463. The highest BCUT2D eigenvalue weighted by Crippen LogP contribution is 2.59. The Morgan fingerprint density at radius 3 is 2.65 bits per heavy atom. The summed E-state index contributed by atoms with van der Waals surface area (Å²) in [6.07, 6.45) is 3.36. The van der Waals surface area contributed by atoms with Crippen molar-refractivity contribution in [1.29, 1.82) is 0 Å². The maximum atomic E-state index is 12.2. The number of benzene rings is 1. The van der Waals surface area contributed by atoms with Gasteiger partial charge in [-0.25, -0.2) is 0 Å². The minimum Gasteiger partial charge on any atom is -0.461 e. The molecule has 1 saturated carbocycles. The molecule has 1 saturated heterocycles. The number of hydrogen-bond acceptors (Lipinski definition) is 3. The largest absolute Gasteiger partial charge is 0.461 e. The third-order valence-electron chi connectivity index (χ3n) is 5.00. The standard InChI is InChI=1S/C17H23NO2/c1-2-18-10-8-17(9-11-18)12-15(17)16(19)20-13-14-6-4-3-5-7-14/h3-7,15H,2,8-13H2,1H3/t15-/m1/s1. The monoisotopic (exact) mass is 273 g/mol. The average molecular weight is 273 g/mol. The molecule has 1 aliphatic carbocycles. The molecule has 2 aliphatic rings. The van der Waals surface area contributed by atoms with Crippen LogP contribution in [0.25, 0.3) is 0 Å². The molecule has 0 bridgehead atoms. The molecule has 0 radical (unpaired) electrons. The maximum absolute atomic E-state index is 12.2. The van der Waals surface area contributed by atoms with Crippen LogP contribution in [0.4, 0.5) is 0 Å². The van der Waals surface area contributed by atoms with Crippen molar-refractivity contribution in [3.8, 4) is 0 Å². The SMILES string of the molecule is CCN1CCC2(CC1)C[C@@H]2C(=O)OCc1ccccc1. The normalized spacial score (nSPS) is 24.6. The van der Waals surface area contributed by atoms with E-state index < -0.39 is 0 Å². The molecule has 1 heterocycles. The van der Waals surface area contributed by atoms with Crippen LogP contribution in [0.3, 0.4) is 0 Å². The zero-order valence-electron chi connectivity index (χ0n) is 12.2. The first-order valence-electron chi connectivity index (χ1n) is 7.66. The first kappa shape index (κ1) is 13.6. The van der Waals surface area contributed by atoms with E-state index in [0.717, 1.165) is 44.5 Å². The number of piperidine rings is 1. The Hall–Kier alpha value is -1.35. The fourth-order valence-electron chi connectivity index (χ4n) is 3.38. The van der Waals surface area contributed by atoms with Gasteiger partial charge in [-0.3, -0.25) is 4.79 Å². The molecular weight excluding hydrogens is 250 g/mol. The zero-order valence-corrected chi connectivity index (χ0v) is 12.2. The molecule has 2 fully saturated rings. The summed E-state index contributed by atoms with van der Waals surface area (Å²) < 4.78 is 5.48. The Morgan fingerprint density at radius 2 is 2.00 bits per heavy atom. The summed E-state index contributed by atoms with van der Waals surface area (Å²) in [5.74, 6) is 0.170. The lowest BCUT2D eigenvalue weighted by molar-refractivity contribution is -0.147. The molecule has 3 heteroatoms. The molecule has 0 unspecified atom stereocenters. The lowest BCUT2D eigenvalue weighted by Gasteiger charge is -2.31. The Labute approximate surface area is 120 Å². The molecule has 0 N–H and O–H groups in total. The first-order valence-corrected chi connectivity index (χ1v) is 7.66. The third kappa shape index (κ3) is 2.73. The van der Waals surface area contributed by atoms with E-state index in [-0.39, 0.29) is 17.3 Å². The Kier molecular flexibility index (Phi) is 3.79. The lowest BCUT2D eigenvalue weighted by Crippen LogP contribution is -2.35. The van der Waals surface area contributed by atoms with Gasteiger partial charge >= 0.3 is 5.97 Å². The molecule has 1 aliphatic heterocycles. The van der Waals surface area contributed by atoms with Crippen molar-refractivity contribution in [2.24, 2.45) is 11.3 Å². The Balaban J connectivity index is 1.48. The van der Waals surface area contributed by atoms with Gasteiger partial charge in [-0.2, -0.15) is 0 Å². The van der Waals surface area contributed by atoms with Crippen LogP contribution >= 0.6 is 0 Å². The second kappa shape index (κ2) is 5.57. The van der Waals surface area contributed by atoms with Crippen LogP contribution in [0.1, 0.15) is 31.7 Å². The summed E-state index contributed by atoms with van der Waals surface area (Å²) >= 11 is 0. The van der Waals surface area contributed by atoms with Crippen molar-refractivity contribution < 1.29 is 9.53 Å². The molecule has 1 spiro atoms. The van der Waals surface area contributed by atoms with Crippen LogP contribution in [0, 0.1) is 11.3 Å². The van der Waals surface area contributed by atoms with E-state index in [1.165, 1.54) is 0 Å². The van der Waals surface area contributed by atoms with Crippen molar-refractivity contribution in [2.75, 3.05) is 19.6 Å². The van der Waals surface area contributed by atoms with Gasteiger partial charge in [0.15, 0.2) is 0 Å². The van der Waals surface area contributed by atoms with Crippen molar-refractivity contribution >= 4 is 5.97 Å². The smallest absolute Gasteiger partial charge is 0.309 e. The van der Waals surface area contributed by atoms with Crippen molar-refractivity contribution in [2.45, 2.75) is 32.8 Å². The third-order valence-corrected chi connectivity index (χ3v) is 5.00. The zero-order chi connectivity index (χ0) is 14.0. The number of carbonyl (C=O) groups is 1. The van der Waals surface area contributed by atoms with Crippen LogP contribution in [0.15, 0.2) is 30.3 Å². The maximum Gasteiger partial charge on any atom is 0.309 e. The highest BCUT2D eigenvalue weighted by Gasteiger charge is 2.59. The van der Waals surface area contributed by atoms with Crippen LogP contribution < -0.4 is 0 Å². The van der Waals surface area contributed by atoms with Gasteiger partial charge in [-0.1, -0.05) is 37.3 Å². The number of esters is 1. The first-order chi connectivity index (χ1) is 9.73. The average Bonchev–Trinajstić information content (AvgIpc) is 3.20. The van der Waals surface area contributed by atoms with Crippen molar-refractivity contribution in [3.63, 3.8) is 0 Å². The number of ether oxygens (including phenoxy) is 1. The van der Waals surface area contributed by atoms with Crippen molar-refractivity contribution in [3.05, 3.63) is 35.9 Å². The fourth-order valence-corrected chi connectivity index (χ4v) is 3.38. The lowest BCUT2D eigenvalue weighted by atomic mass is 9.91. The fraction of sp³-hybridized carbons (Fsp3) is 0.588. The summed E-state index contributed by atoms with van der Waals surface area (Å²) in [5.41, 5.74) is 1.34. The number of carbonyl (C=O) groups excluding carboxylic acids is 1. The van der Waals surface area contributed by atoms with Gasteiger partial charge in [0, 0.05) is 0 Å². The summed E-state index contributed by atoms with van der Waals surface area (Å²) in [7, 11) is 0. The molecule has 1 atom stereocenters. The molecule has 1 aromatic carbocycles. The van der Waals surface area contributed by atoms with Crippen LogP contribution in [-0.4, -0.2) is 30.5 Å². The van der Waals surface area contributed by atoms with Crippen LogP contribution in [-0.2, 0) is 16.1 Å². The van der Waals surface area contributed by atoms with E-state index in [9.17, 15) is 4.79 Å². The van der Waals surface area contributed by atoms with Crippen molar-refractivity contribution in [1.82, 2.24) is 4.90 Å². The van der Waals surface area contributed by atoms with Gasteiger partial charge in [-0.05, 0) is 49.9 Å².